The highest BCUT2D eigenvalue weighted by molar-refractivity contribution is 5.92. The van der Waals surface area contributed by atoms with Gasteiger partial charge in [-0.15, -0.1) is 0 Å². The maximum Gasteiger partial charge on any atom is 0.167 e. The summed E-state index contributed by atoms with van der Waals surface area (Å²) in [4.78, 5) is 11.9. The van der Waals surface area contributed by atoms with Gasteiger partial charge in [-0.1, -0.05) is 19.3 Å². The van der Waals surface area contributed by atoms with Crippen LogP contribution in [0.1, 0.15) is 57.8 Å². The zero-order valence-corrected chi connectivity index (χ0v) is 8.68. The largest absolute Gasteiger partial charge is 0.354 e. The van der Waals surface area contributed by atoms with Crippen LogP contribution in [0.5, 0.6) is 0 Å². The van der Waals surface area contributed by atoms with Crippen LogP contribution in [0.2, 0.25) is 0 Å². The minimum atomic E-state index is -0.286. The van der Waals surface area contributed by atoms with Gasteiger partial charge in [0.25, 0.3) is 0 Å². The van der Waals surface area contributed by atoms with Crippen LogP contribution in [0.15, 0.2) is 0 Å². The predicted octanol–water partition coefficient (Wildman–Crippen LogP) is 2.60. The van der Waals surface area contributed by atoms with Crippen molar-refractivity contribution in [2.75, 3.05) is 0 Å². The van der Waals surface area contributed by atoms with E-state index in [9.17, 15) is 4.79 Å². The number of ketones is 1. The van der Waals surface area contributed by atoms with E-state index in [0.29, 0.717) is 5.78 Å². The molecule has 0 aromatic heterocycles. The Hall–Kier alpha value is -0.370. The molecule has 0 N–H and O–H groups in total. The summed E-state index contributed by atoms with van der Waals surface area (Å²) in [7, 11) is 0. The van der Waals surface area contributed by atoms with E-state index in [1.807, 2.05) is 0 Å². The van der Waals surface area contributed by atoms with Gasteiger partial charge < -0.3 is 4.74 Å². The third-order valence-electron chi connectivity index (χ3n) is 4.36. The summed E-state index contributed by atoms with van der Waals surface area (Å²) in [6.45, 7) is 0. The summed E-state index contributed by atoms with van der Waals surface area (Å²) in [5.41, 5.74) is -0.269. The average Bonchev–Trinajstić information content (AvgIpc) is 2.81. The molecular formula is C12H18O2. The molecule has 1 heterocycles. The fraction of sp³-hybridized carbons (Fsp3) is 0.917. The number of hydrogen-bond acceptors (Lipinski definition) is 2. The van der Waals surface area contributed by atoms with Crippen LogP contribution < -0.4 is 0 Å². The number of Topliss-reactive ketones (excluding diaryl/α,β-unsaturated/α-hetero) is 1. The molecule has 2 spiro atoms. The summed E-state index contributed by atoms with van der Waals surface area (Å²) >= 11 is 0. The maximum absolute atomic E-state index is 11.9. The Morgan fingerprint density at radius 1 is 0.929 bits per heavy atom. The molecule has 1 saturated heterocycles. The van der Waals surface area contributed by atoms with E-state index in [0.717, 1.165) is 32.1 Å². The fourth-order valence-corrected chi connectivity index (χ4v) is 3.53. The molecule has 0 bridgehead atoms. The zero-order valence-electron chi connectivity index (χ0n) is 8.68. The van der Waals surface area contributed by atoms with Crippen LogP contribution >= 0.6 is 0 Å². The van der Waals surface area contributed by atoms with Gasteiger partial charge in [-0.3, -0.25) is 4.79 Å². The van der Waals surface area contributed by atoms with Gasteiger partial charge in [0.1, 0.15) is 5.60 Å². The second-order valence-electron chi connectivity index (χ2n) is 5.11. The molecule has 2 aliphatic carbocycles. The second-order valence-corrected chi connectivity index (χ2v) is 5.11. The highest BCUT2D eigenvalue weighted by Crippen LogP contribution is 2.61. The smallest absolute Gasteiger partial charge is 0.167 e. The van der Waals surface area contributed by atoms with Crippen molar-refractivity contribution in [1.82, 2.24) is 0 Å². The molecule has 0 radical (unpaired) electrons. The number of rotatable bonds is 0. The van der Waals surface area contributed by atoms with Crippen LogP contribution in [0.4, 0.5) is 0 Å². The first-order valence-corrected chi connectivity index (χ1v) is 6.03. The summed E-state index contributed by atoms with van der Waals surface area (Å²) in [6, 6.07) is 0. The van der Waals surface area contributed by atoms with Crippen molar-refractivity contribution in [2.45, 2.75) is 69.0 Å². The minimum absolute atomic E-state index is 0.0166. The van der Waals surface area contributed by atoms with Crippen LogP contribution in [0.3, 0.4) is 0 Å². The fourth-order valence-electron chi connectivity index (χ4n) is 3.53. The predicted molar refractivity (Wildman–Crippen MR) is 53.1 cm³/mol. The van der Waals surface area contributed by atoms with Gasteiger partial charge in [-0.2, -0.15) is 0 Å². The lowest BCUT2D eigenvalue weighted by atomic mass is 9.73. The lowest BCUT2D eigenvalue weighted by Crippen LogP contribution is -2.37. The van der Waals surface area contributed by atoms with Crippen molar-refractivity contribution >= 4 is 5.78 Å². The summed E-state index contributed by atoms with van der Waals surface area (Å²) < 4.78 is 5.94. The maximum atomic E-state index is 11.9. The van der Waals surface area contributed by atoms with Crippen molar-refractivity contribution in [3.05, 3.63) is 0 Å². The third kappa shape index (κ3) is 0.979. The van der Waals surface area contributed by atoms with Gasteiger partial charge in [-0.25, -0.2) is 0 Å². The van der Waals surface area contributed by atoms with E-state index < -0.39 is 0 Å². The molecule has 78 valence electrons. The molecular weight excluding hydrogens is 176 g/mol. The molecule has 0 aromatic rings. The van der Waals surface area contributed by atoms with Gasteiger partial charge in [0.2, 0.25) is 0 Å². The second kappa shape index (κ2) is 2.82. The molecule has 0 aromatic carbocycles. The first-order valence-electron chi connectivity index (χ1n) is 6.03. The van der Waals surface area contributed by atoms with Crippen LogP contribution in [0.25, 0.3) is 0 Å². The van der Waals surface area contributed by atoms with Crippen molar-refractivity contribution < 1.29 is 9.53 Å². The quantitative estimate of drug-likeness (QED) is 0.555. The van der Waals surface area contributed by atoms with Gasteiger partial charge >= 0.3 is 0 Å². The number of ether oxygens (including phenoxy) is 1. The Bertz CT molecular complexity index is 265. The van der Waals surface area contributed by atoms with E-state index in [4.69, 9.17) is 4.74 Å². The summed E-state index contributed by atoms with van der Waals surface area (Å²) in [5, 5.41) is 0. The monoisotopic (exact) mass is 194 g/mol. The average molecular weight is 194 g/mol. The van der Waals surface area contributed by atoms with E-state index >= 15 is 0 Å². The molecule has 1 atom stereocenters. The standard InChI is InChI=1S/C12H18O2/c13-10-6-2-5-9-12(10)11(14-12)7-3-1-4-8-11/h1-9H2. The van der Waals surface area contributed by atoms with Crippen molar-refractivity contribution in [2.24, 2.45) is 0 Å². The minimum Gasteiger partial charge on any atom is -0.354 e. The Morgan fingerprint density at radius 2 is 1.64 bits per heavy atom. The summed E-state index contributed by atoms with van der Waals surface area (Å²) in [6.07, 6.45) is 10.2. The first-order chi connectivity index (χ1) is 6.79. The Balaban J connectivity index is 1.82. The number of carbonyl (C=O) groups excluding carboxylic acids is 1. The third-order valence-corrected chi connectivity index (χ3v) is 4.36. The van der Waals surface area contributed by atoms with Crippen molar-refractivity contribution in [3.63, 3.8) is 0 Å². The Morgan fingerprint density at radius 3 is 2.36 bits per heavy atom. The lowest BCUT2D eigenvalue weighted by molar-refractivity contribution is -0.126. The topological polar surface area (TPSA) is 29.6 Å². The van der Waals surface area contributed by atoms with E-state index in [-0.39, 0.29) is 11.2 Å². The molecule has 2 saturated carbocycles. The molecule has 14 heavy (non-hydrogen) atoms. The number of epoxide rings is 1. The lowest BCUT2D eigenvalue weighted by Gasteiger charge is -2.25. The normalized spacial score (nSPS) is 40.4. The van der Waals surface area contributed by atoms with E-state index in [1.165, 1.54) is 25.7 Å². The molecule has 3 fully saturated rings. The van der Waals surface area contributed by atoms with E-state index in [1.54, 1.807) is 0 Å². The Kier molecular flexibility index (Phi) is 1.79. The highest BCUT2D eigenvalue weighted by atomic mass is 16.6. The zero-order chi connectivity index (χ0) is 9.65. The molecule has 2 nitrogen and oxygen atoms in total. The van der Waals surface area contributed by atoms with E-state index in [2.05, 4.69) is 0 Å². The SMILES string of the molecule is O=C1CCCCC12OC21CCCCC1. The molecule has 1 aliphatic heterocycles. The van der Waals surface area contributed by atoms with Gasteiger partial charge in [0, 0.05) is 6.42 Å². The molecule has 1 unspecified atom stereocenters. The molecule has 3 aliphatic rings. The van der Waals surface area contributed by atoms with Gasteiger partial charge in [0.15, 0.2) is 11.4 Å². The highest BCUT2D eigenvalue weighted by Gasteiger charge is 2.72. The number of carbonyl (C=O) groups is 1. The van der Waals surface area contributed by atoms with Gasteiger partial charge in [0.05, 0.1) is 0 Å². The number of hydrogen-bond donors (Lipinski definition) is 0. The molecule has 0 amide bonds. The van der Waals surface area contributed by atoms with Crippen LogP contribution in [-0.4, -0.2) is 17.0 Å². The molecule has 3 rings (SSSR count). The summed E-state index contributed by atoms with van der Waals surface area (Å²) in [5.74, 6) is 0.408. The van der Waals surface area contributed by atoms with Crippen molar-refractivity contribution in [1.29, 1.82) is 0 Å². The van der Waals surface area contributed by atoms with Gasteiger partial charge in [-0.05, 0) is 32.1 Å². The van der Waals surface area contributed by atoms with Crippen LogP contribution in [-0.2, 0) is 9.53 Å². The van der Waals surface area contributed by atoms with Crippen molar-refractivity contribution in [3.8, 4) is 0 Å². The Labute approximate surface area is 85.0 Å². The first kappa shape index (κ1) is 8.90. The molecule has 2 heteroatoms. The number of fused-ring (bicyclic) bond motifs is 1. The van der Waals surface area contributed by atoms with Crippen LogP contribution in [0, 0.1) is 0 Å².